The van der Waals surface area contributed by atoms with Crippen LogP contribution in [0.4, 0.5) is 0 Å². The fraction of sp³-hybridized carbons (Fsp3) is 0.400. The maximum Gasteiger partial charge on any atom is 0.356 e. The minimum absolute atomic E-state index is 0.0724. The van der Waals surface area contributed by atoms with Gasteiger partial charge in [-0.05, 0) is 0 Å². The Kier molecular flexibility index (Phi) is 5.01. The molecule has 1 rings (SSSR count). The molecule has 0 fully saturated rings. The van der Waals surface area contributed by atoms with Gasteiger partial charge in [-0.2, -0.15) is 0 Å². The van der Waals surface area contributed by atoms with Gasteiger partial charge < -0.3 is 26.5 Å². The van der Waals surface area contributed by atoms with Crippen LogP contribution < -0.4 is 16.8 Å². The van der Waals surface area contributed by atoms with E-state index in [-0.39, 0.29) is 18.7 Å². The number of imidazole rings is 1. The second-order valence-corrected chi connectivity index (χ2v) is 3.87. The topological polar surface area (TPSA) is 153 Å². The van der Waals surface area contributed by atoms with E-state index in [1.165, 1.54) is 17.1 Å². The van der Waals surface area contributed by atoms with E-state index in [2.05, 4.69) is 10.3 Å². The Hall–Kier alpha value is -2.42. The molecule has 9 heteroatoms. The number of nitrogens with zero attached hydrogens (tertiary/aromatic N) is 2. The SMILES string of the molecule is NC(=O)CC(N)C(=O)NCCn1cnc(C(=O)O)c1. The highest BCUT2D eigenvalue weighted by Crippen LogP contribution is 1.95. The van der Waals surface area contributed by atoms with Gasteiger partial charge >= 0.3 is 5.97 Å². The van der Waals surface area contributed by atoms with Crippen molar-refractivity contribution < 1.29 is 19.5 Å². The first-order chi connectivity index (χ1) is 8.90. The monoisotopic (exact) mass is 269 g/mol. The van der Waals surface area contributed by atoms with Crippen molar-refractivity contribution in [2.24, 2.45) is 11.5 Å². The van der Waals surface area contributed by atoms with Crippen LogP contribution in [0.5, 0.6) is 0 Å². The minimum atomic E-state index is -1.12. The molecule has 19 heavy (non-hydrogen) atoms. The van der Waals surface area contributed by atoms with Crippen LogP contribution in [0, 0.1) is 0 Å². The van der Waals surface area contributed by atoms with Crippen LogP contribution in [-0.4, -0.2) is 45.0 Å². The average molecular weight is 269 g/mol. The molecule has 1 atom stereocenters. The molecule has 0 aliphatic rings. The predicted octanol–water partition coefficient (Wildman–Crippen LogP) is -2.10. The van der Waals surface area contributed by atoms with E-state index in [0.29, 0.717) is 6.54 Å². The third kappa shape index (κ3) is 4.76. The summed E-state index contributed by atoms with van der Waals surface area (Å²) in [5.74, 6) is -2.26. The summed E-state index contributed by atoms with van der Waals surface area (Å²) in [6, 6.07) is -0.977. The largest absolute Gasteiger partial charge is 0.476 e. The van der Waals surface area contributed by atoms with E-state index in [1.54, 1.807) is 0 Å². The number of hydrogen-bond donors (Lipinski definition) is 4. The molecule has 0 saturated heterocycles. The molecule has 0 spiro atoms. The quantitative estimate of drug-likeness (QED) is 0.444. The van der Waals surface area contributed by atoms with E-state index >= 15 is 0 Å². The lowest BCUT2D eigenvalue weighted by Gasteiger charge is -2.10. The standard InChI is InChI=1S/C10H15N5O4/c11-6(3-8(12)16)9(17)13-1-2-15-4-7(10(18)19)14-5-15/h4-6H,1-3,11H2,(H2,12,16)(H,13,17)(H,18,19). The van der Waals surface area contributed by atoms with Crippen LogP contribution in [0.3, 0.4) is 0 Å². The lowest BCUT2D eigenvalue weighted by atomic mass is 10.2. The minimum Gasteiger partial charge on any atom is -0.476 e. The van der Waals surface area contributed by atoms with Crippen LogP contribution >= 0.6 is 0 Å². The fourth-order valence-electron chi connectivity index (χ4n) is 1.34. The van der Waals surface area contributed by atoms with Crippen LogP contribution in [0.2, 0.25) is 0 Å². The Morgan fingerprint density at radius 3 is 2.68 bits per heavy atom. The van der Waals surface area contributed by atoms with Crippen molar-refractivity contribution in [3.8, 4) is 0 Å². The zero-order chi connectivity index (χ0) is 14.4. The summed E-state index contributed by atoms with van der Waals surface area (Å²) < 4.78 is 1.52. The molecule has 0 radical (unpaired) electrons. The van der Waals surface area contributed by atoms with Crippen LogP contribution in [-0.2, 0) is 16.1 Å². The number of carbonyl (C=O) groups excluding carboxylic acids is 2. The van der Waals surface area contributed by atoms with Crippen molar-refractivity contribution in [1.82, 2.24) is 14.9 Å². The van der Waals surface area contributed by atoms with E-state index in [9.17, 15) is 14.4 Å². The second-order valence-electron chi connectivity index (χ2n) is 3.87. The van der Waals surface area contributed by atoms with Gasteiger partial charge in [0.15, 0.2) is 5.69 Å². The lowest BCUT2D eigenvalue weighted by molar-refractivity contribution is -0.126. The van der Waals surface area contributed by atoms with Gasteiger partial charge in [-0.15, -0.1) is 0 Å². The van der Waals surface area contributed by atoms with Gasteiger partial charge in [0, 0.05) is 19.3 Å². The number of hydrogen-bond acceptors (Lipinski definition) is 5. The van der Waals surface area contributed by atoms with Crippen molar-refractivity contribution in [1.29, 1.82) is 0 Å². The van der Waals surface area contributed by atoms with E-state index < -0.39 is 23.8 Å². The smallest absolute Gasteiger partial charge is 0.356 e. The molecule has 1 aromatic heterocycles. The first-order valence-corrected chi connectivity index (χ1v) is 5.47. The summed E-state index contributed by atoms with van der Waals surface area (Å²) in [4.78, 5) is 36.2. The van der Waals surface area contributed by atoms with Crippen molar-refractivity contribution >= 4 is 17.8 Å². The number of carbonyl (C=O) groups is 3. The van der Waals surface area contributed by atoms with Crippen molar-refractivity contribution in [2.75, 3.05) is 6.54 Å². The molecule has 0 aromatic carbocycles. The molecule has 2 amide bonds. The van der Waals surface area contributed by atoms with Crippen molar-refractivity contribution in [2.45, 2.75) is 19.0 Å². The predicted molar refractivity (Wildman–Crippen MR) is 64.0 cm³/mol. The van der Waals surface area contributed by atoms with E-state index in [4.69, 9.17) is 16.6 Å². The number of primary amides is 1. The first kappa shape index (κ1) is 14.6. The zero-order valence-electron chi connectivity index (χ0n) is 10.1. The molecule has 104 valence electrons. The Morgan fingerprint density at radius 2 is 2.16 bits per heavy atom. The van der Waals surface area contributed by atoms with Gasteiger partial charge in [0.05, 0.1) is 18.8 Å². The number of carboxylic acid groups (broad SMARTS) is 1. The summed E-state index contributed by atoms with van der Waals surface area (Å²) in [5, 5.41) is 11.2. The summed E-state index contributed by atoms with van der Waals surface area (Å²) in [6.07, 6.45) is 2.47. The maximum absolute atomic E-state index is 11.4. The third-order valence-corrected chi connectivity index (χ3v) is 2.28. The molecular weight excluding hydrogens is 254 g/mol. The summed E-state index contributed by atoms with van der Waals surface area (Å²) in [7, 11) is 0. The van der Waals surface area contributed by atoms with Crippen LogP contribution in [0.25, 0.3) is 0 Å². The van der Waals surface area contributed by atoms with Crippen LogP contribution in [0.15, 0.2) is 12.5 Å². The number of amides is 2. The Morgan fingerprint density at radius 1 is 1.47 bits per heavy atom. The Bertz CT molecular complexity index is 484. The fourth-order valence-corrected chi connectivity index (χ4v) is 1.34. The summed E-state index contributed by atoms with van der Waals surface area (Å²) in [6.45, 7) is 0.579. The molecule has 0 aliphatic heterocycles. The highest BCUT2D eigenvalue weighted by atomic mass is 16.4. The molecule has 0 aliphatic carbocycles. The second kappa shape index (κ2) is 6.50. The normalized spacial score (nSPS) is 11.8. The van der Waals surface area contributed by atoms with E-state index in [1.807, 2.05) is 0 Å². The Labute approximate surface area is 108 Å². The maximum atomic E-state index is 11.4. The van der Waals surface area contributed by atoms with E-state index in [0.717, 1.165) is 0 Å². The average Bonchev–Trinajstić information content (AvgIpc) is 2.76. The van der Waals surface area contributed by atoms with Crippen molar-refractivity contribution in [3.05, 3.63) is 18.2 Å². The highest BCUT2D eigenvalue weighted by Gasteiger charge is 2.15. The third-order valence-electron chi connectivity index (χ3n) is 2.28. The number of carboxylic acids is 1. The van der Waals surface area contributed by atoms with Gasteiger partial charge in [0.2, 0.25) is 11.8 Å². The number of rotatable bonds is 7. The van der Waals surface area contributed by atoms with Gasteiger partial charge in [-0.1, -0.05) is 0 Å². The molecule has 1 aromatic rings. The molecular formula is C10H15N5O4. The first-order valence-electron chi connectivity index (χ1n) is 5.47. The molecule has 0 saturated carbocycles. The van der Waals surface area contributed by atoms with Gasteiger partial charge in [-0.3, -0.25) is 9.59 Å². The van der Waals surface area contributed by atoms with Gasteiger partial charge in [0.25, 0.3) is 0 Å². The number of aromatic nitrogens is 2. The number of aromatic carboxylic acids is 1. The van der Waals surface area contributed by atoms with Gasteiger partial charge in [0.1, 0.15) is 0 Å². The molecule has 0 bridgehead atoms. The number of nitrogens with one attached hydrogen (secondary N) is 1. The Balaban J connectivity index is 2.35. The molecule has 9 nitrogen and oxygen atoms in total. The van der Waals surface area contributed by atoms with Crippen LogP contribution in [0.1, 0.15) is 16.9 Å². The van der Waals surface area contributed by atoms with Crippen molar-refractivity contribution in [3.63, 3.8) is 0 Å². The van der Waals surface area contributed by atoms with Gasteiger partial charge in [-0.25, -0.2) is 9.78 Å². The molecule has 1 unspecified atom stereocenters. The number of nitrogens with two attached hydrogens (primary N) is 2. The summed E-state index contributed by atoms with van der Waals surface area (Å²) >= 11 is 0. The lowest BCUT2D eigenvalue weighted by Crippen LogP contribution is -2.43. The molecule has 1 heterocycles. The molecule has 6 N–H and O–H groups in total. The highest BCUT2D eigenvalue weighted by molar-refractivity contribution is 5.87. The zero-order valence-corrected chi connectivity index (χ0v) is 10.1. The summed E-state index contributed by atoms with van der Waals surface area (Å²) in [5.41, 5.74) is 10.3.